The molecule has 0 N–H and O–H groups in total. The van der Waals surface area contributed by atoms with Crippen molar-refractivity contribution in [3.8, 4) is 6.07 Å². The third-order valence-electron chi connectivity index (χ3n) is 6.71. The molecule has 7 nitrogen and oxygen atoms in total. The lowest BCUT2D eigenvalue weighted by molar-refractivity contribution is -0.138. The highest BCUT2D eigenvalue weighted by atomic mass is 35.5. The van der Waals surface area contributed by atoms with E-state index in [4.69, 9.17) is 16.9 Å². The molecule has 3 aliphatic heterocycles. The molecular weight excluding hydrogens is 473 g/mol. The van der Waals surface area contributed by atoms with Crippen molar-refractivity contribution in [3.63, 3.8) is 0 Å². The van der Waals surface area contributed by atoms with E-state index in [0.29, 0.717) is 12.0 Å². The summed E-state index contributed by atoms with van der Waals surface area (Å²) in [6.07, 6.45) is -4.40. The van der Waals surface area contributed by atoms with Crippen molar-refractivity contribution in [2.24, 2.45) is 0 Å². The molecule has 34 heavy (non-hydrogen) atoms. The third-order valence-corrected chi connectivity index (χ3v) is 7.19. The lowest BCUT2D eigenvalue weighted by atomic mass is 10.0. The molecule has 4 amide bonds. The van der Waals surface area contributed by atoms with E-state index >= 15 is 0 Å². The van der Waals surface area contributed by atoms with E-state index in [-0.39, 0.29) is 22.8 Å². The molecule has 0 spiro atoms. The fourth-order valence-electron chi connectivity index (χ4n) is 5.19. The number of nitrogens with zero attached hydrogens (tertiary/aromatic N) is 4. The number of nitriles is 1. The van der Waals surface area contributed by atoms with Gasteiger partial charge in [-0.25, -0.2) is 9.69 Å². The highest BCUT2D eigenvalue weighted by molar-refractivity contribution is 6.33. The molecule has 3 heterocycles. The van der Waals surface area contributed by atoms with Crippen LogP contribution >= 0.6 is 11.6 Å². The molecule has 2 aromatic carbocycles. The minimum atomic E-state index is -4.71. The van der Waals surface area contributed by atoms with Crippen molar-refractivity contribution in [2.75, 3.05) is 11.4 Å². The van der Waals surface area contributed by atoms with Crippen LogP contribution in [0.2, 0.25) is 5.02 Å². The maximum Gasteiger partial charge on any atom is 0.417 e. The van der Waals surface area contributed by atoms with Crippen LogP contribution in [0.1, 0.15) is 33.5 Å². The molecule has 11 heteroatoms. The summed E-state index contributed by atoms with van der Waals surface area (Å²) >= 11 is 6.22. The van der Waals surface area contributed by atoms with Crippen LogP contribution in [0.3, 0.4) is 0 Å². The first-order valence-electron chi connectivity index (χ1n) is 10.4. The van der Waals surface area contributed by atoms with Crippen molar-refractivity contribution in [2.45, 2.75) is 37.6 Å². The highest BCUT2D eigenvalue weighted by Crippen LogP contribution is 2.44. The molecule has 3 aliphatic rings. The van der Waals surface area contributed by atoms with E-state index < -0.39 is 53.3 Å². The number of anilines is 1. The maximum atomic E-state index is 13.5. The van der Waals surface area contributed by atoms with Gasteiger partial charge in [0, 0.05) is 6.54 Å². The smallest absolute Gasteiger partial charge is 0.331 e. The number of hydrogen-bond donors (Lipinski definition) is 0. The average molecular weight is 489 g/mol. The minimum Gasteiger partial charge on any atom is -0.331 e. The van der Waals surface area contributed by atoms with E-state index in [9.17, 15) is 27.6 Å². The van der Waals surface area contributed by atoms with E-state index in [1.807, 2.05) is 6.07 Å². The molecule has 2 bridgehead atoms. The molecule has 0 saturated carbocycles. The van der Waals surface area contributed by atoms with E-state index in [1.54, 1.807) is 6.92 Å². The van der Waals surface area contributed by atoms with Crippen molar-refractivity contribution < 1.29 is 27.6 Å². The lowest BCUT2D eigenvalue weighted by Crippen LogP contribution is -2.55. The Labute approximate surface area is 196 Å². The second-order valence-corrected chi connectivity index (χ2v) is 8.83. The zero-order chi connectivity index (χ0) is 24.5. The number of urea groups is 1. The molecule has 0 aliphatic carbocycles. The fraction of sp³-hybridized carbons (Fsp3) is 0.304. The Morgan fingerprint density at radius 2 is 1.88 bits per heavy atom. The molecular formula is C23H16ClF3N4O3. The summed E-state index contributed by atoms with van der Waals surface area (Å²) in [5, 5.41) is 9.28. The Morgan fingerprint density at radius 3 is 2.56 bits per heavy atom. The van der Waals surface area contributed by atoms with Crippen LogP contribution in [0.15, 0.2) is 36.4 Å². The Balaban J connectivity index is 1.48. The zero-order valence-electron chi connectivity index (χ0n) is 17.6. The van der Waals surface area contributed by atoms with Gasteiger partial charge in [0.2, 0.25) is 0 Å². The van der Waals surface area contributed by atoms with Gasteiger partial charge in [0.1, 0.15) is 12.1 Å². The number of likely N-dealkylation sites (tertiary alicyclic amines) is 1. The quantitative estimate of drug-likeness (QED) is 0.599. The van der Waals surface area contributed by atoms with Gasteiger partial charge < -0.3 is 9.80 Å². The van der Waals surface area contributed by atoms with Crippen molar-refractivity contribution in [1.82, 2.24) is 9.80 Å². The fourth-order valence-corrected chi connectivity index (χ4v) is 5.39. The average Bonchev–Trinajstić information content (AvgIpc) is 3.46. The van der Waals surface area contributed by atoms with Crippen LogP contribution in [0.4, 0.5) is 23.7 Å². The lowest BCUT2D eigenvalue weighted by Gasteiger charge is -2.35. The number of amides is 4. The van der Waals surface area contributed by atoms with Gasteiger partial charge in [-0.05, 0) is 43.2 Å². The Bertz CT molecular complexity index is 1310. The SMILES string of the molecule is Cc1c(N2C(=O)[C@@H]3C4C[C@H](CN4C(=O)c4ccccc4C(F)(F)F)N3C2=O)ccc(C#N)c1Cl. The summed E-state index contributed by atoms with van der Waals surface area (Å²) in [7, 11) is 0. The van der Waals surface area contributed by atoms with Crippen LogP contribution in [0.5, 0.6) is 0 Å². The molecule has 3 fully saturated rings. The Kier molecular flexibility index (Phi) is 4.88. The van der Waals surface area contributed by atoms with Gasteiger partial charge in [0.15, 0.2) is 0 Å². The number of rotatable bonds is 2. The minimum absolute atomic E-state index is 0.0339. The number of imide groups is 1. The first-order valence-corrected chi connectivity index (χ1v) is 10.8. The summed E-state index contributed by atoms with van der Waals surface area (Å²) in [5.74, 6) is -1.40. The summed E-state index contributed by atoms with van der Waals surface area (Å²) in [5.41, 5.74) is -0.728. The summed E-state index contributed by atoms with van der Waals surface area (Å²) in [6.45, 7) is 1.62. The summed E-state index contributed by atoms with van der Waals surface area (Å²) < 4.78 is 40.4. The van der Waals surface area contributed by atoms with E-state index in [2.05, 4.69) is 0 Å². The molecule has 0 aromatic heterocycles. The van der Waals surface area contributed by atoms with Gasteiger partial charge >= 0.3 is 12.2 Å². The number of benzene rings is 2. The van der Waals surface area contributed by atoms with Gasteiger partial charge in [-0.15, -0.1) is 0 Å². The summed E-state index contributed by atoms with van der Waals surface area (Å²) in [6, 6.07) is 6.52. The second-order valence-electron chi connectivity index (χ2n) is 8.45. The second kappa shape index (κ2) is 7.46. The van der Waals surface area contributed by atoms with Crippen molar-refractivity contribution >= 4 is 35.1 Å². The largest absolute Gasteiger partial charge is 0.417 e. The normalized spacial score (nSPS) is 23.5. The van der Waals surface area contributed by atoms with Crippen LogP contribution in [-0.2, 0) is 11.0 Å². The first kappa shape index (κ1) is 22.2. The standard InChI is InChI=1S/C23H16ClF3N4O3/c1-11-16(7-6-12(9-28)18(11)24)31-21(33)19-17-8-13(30(19)22(31)34)10-29(17)20(32)14-4-2-3-5-15(14)23(25,26)27/h2-7,13,17,19H,8,10H2,1H3/t13-,17?,19+/m1/s1. The molecule has 174 valence electrons. The number of alkyl halides is 3. The van der Waals surface area contributed by atoms with Crippen molar-refractivity contribution in [1.29, 1.82) is 5.26 Å². The topological polar surface area (TPSA) is 84.7 Å². The van der Waals surface area contributed by atoms with Crippen LogP contribution < -0.4 is 4.90 Å². The van der Waals surface area contributed by atoms with Crippen LogP contribution in [0.25, 0.3) is 0 Å². The van der Waals surface area contributed by atoms with Crippen LogP contribution in [-0.4, -0.2) is 52.3 Å². The Morgan fingerprint density at radius 1 is 1.18 bits per heavy atom. The molecule has 3 atom stereocenters. The zero-order valence-corrected chi connectivity index (χ0v) is 18.4. The van der Waals surface area contributed by atoms with Gasteiger partial charge in [-0.1, -0.05) is 23.7 Å². The van der Waals surface area contributed by atoms with Crippen molar-refractivity contribution in [3.05, 3.63) is 63.7 Å². The number of halogens is 4. The monoisotopic (exact) mass is 488 g/mol. The number of fused-ring (bicyclic) bond motifs is 5. The van der Waals surface area contributed by atoms with E-state index in [1.165, 1.54) is 34.1 Å². The van der Waals surface area contributed by atoms with E-state index in [0.717, 1.165) is 17.0 Å². The molecule has 5 rings (SSSR count). The Hall–Kier alpha value is -3.58. The number of hydrogen-bond acceptors (Lipinski definition) is 4. The number of piperazine rings is 1. The maximum absolute atomic E-state index is 13.5. The molecule has 3 saturated heterocycles. The van der Waals surface area contributed by atoms with Gasteiger partial charge in [-0.2, -0.15) is 18.4 Å². The number of carbonyl (C=O) groups is 3. The summed E-state index contributed by atoms with van der Waals surface area (Å²) in [4.78, 5) is 43.4. The molecule has 2 aromatic rings. The highest BCUT2D eigenvalue weighted by Gasteiger charge is 2.63. The predicted octanol–water partition coefficient (Wildman–Crippen LogP) is 3.97. The predicted molar refractivity (Wildman–Crippen MR) is 114 cm³/mol. The number of carbonyl (C=O) groups excluding carboxylic acids is 3. The van der Waals surface area contributed by atoms with Gasteiger partial charge in [-0.3, -0.25) is 9.59 Å². The van der Waals surface area contributed by atoms with Crippen LogP contribution in [0, 0.1) is 18.3 Å². The third kappa shape index (κ3) is 3.00. The molecule has 0 radical (unpaired) electrons. The van der Waals surface area contributed by atoms with Gasteiger partial charge in [0.05, 0.1) is 39.5 Å². The first-order chi connectivity index (χ1) is 16.1. The molecule has 1 unspecified atom stereocenters. The van der Waals surface area contributed by atoms with Gasteiger partial charge in [0.25, 0.3) is 11.8 Å².